The Morgan fingerprint density at radius 2 is 2.14 bits per heavy atom. The molecule has 2 N–H and O–H groups in total. The van der Waals surface area contributed by atoms with Crippen LogP contribution in [0.15, 0.2) is 6.07 Å². The molecule has 0 unspecified atom stereocenters. The summed E-state index contributed by atoms with van der Waals surface area (Å²) in [5.41, 5.74) is 6.77. The van der Waals surface area contributed by atoms with E-state index in [1.165, 1.54) is 14.2 Å². The molecule has 0 aliphatic heterocycles. The van der Waals surface area contributed by atoms with E-state index in [0.717, 1.165) is 0 Å². The first-order valence-electron chi connectivity index (χ1n) is 3.99. The molecule has 1 aromatic heterocycles. The smallest absolute Gasteiger partial charge is 0.340 e. The van der Waals surface area contributed by atoms with Crippen molar-refractivity contribution in [2.24, 2.45) is 0 Å². The summed E-state index contributed by atoms with van der Waals surface area (Å²) in [4.78, 5) is 15.3. The summed E-state index contributed by atoms with van der Waals surface area (Å²) in [5, 5.41) is 0. The number of nitrogens with two attached hydrogens (primary N) is 1. The van der Waals surface area contributed by atoms with Crippen molar-refractivity contribution in [1.82, 2.24) is 4.98 Å². The molecule has 0 atom stereocenters. The van der Waals surface area contributed by atoms with Gasteiger partial charge in [-0.25, -0.2) is 9.78 Å². The first-order valence-corrected chi connectivity index (χ1v) is 3.99. The quantitative estimate of drug-likeness (QED) is 0.707. The van der Waals surface area contributed by atoms with Crippen molar-refractivity contribution in [3.63, 3.8) is 0 Å². The second-order valence-corrected chi connectivity index (χ2v) is 2.73. The van der Waals surface area contributed by atoms with Gasteiger partial charge in [0.1, 0.15) is 5.69 Å². The Kier molecular flexibility index (Phi) is 2.91. The number of esters is 1. The molecular formula is C9H12N2O3. The number of ether oxygens (including phenoxy) is 2. The largest absolute Gasteiger partial charge is 0.480 e. The average molecular weight is 196 g/mol. The summed E-state index contributed by atoms with van der Waals surface area (Å²) in [6, 6.07) is 1.56. The number of pyridine rings is 1. The van der Waals surface area contributed by atoms with Crippen molar-refractivity contribution >= 4 is 11.7 Å². The fourth-order valence-corrected chi connectivity index (χ4v) is 1.09. The lowest BCUT2D eigenvalue weighted by Crippen LogP contribution is -2.09. The van der Waals surface area contributed by atoms with Gasteiger partial charge in [0.05, 0.1) is 19.8 Å². The van der Waals surface area contributed by atoms with Crippen LogP contribution in [0.3, 0.4) is 0 Å². The van der Waals surface area contributed by atoms with E-state index in [0.29, 0.717) is 5.69 Å². The molecule has 0 radical (unpaired) electrons. The van der Waals surface area contributed by atoms with Crippen LogP contribution in [-0.4, -0.2) is 25.2 Å². The maximum absolute atomic E-state index is 11.3. The van der Waals surface area contributed by atoms with Crippen LogP contribution in [0.2, 0.25) is 0 Å². The summed E-state index contributed by atoms with van der Waals surface area (Å²) in [7, 11) is 2.74. The highest BCUT2D eigenvalue weighted by Crippen LogP contribution is 2.23. The van der Waals surface area contributed by atoms with Crippen LogP contribution < -0.4 is 10.5 Å². The highest BCUT2D eigenvalue weighted by molar-refractivity contribution is 5.96. The number of carbonyl (C=O) groups is 1. The van der Waals surface area contributed by atoms with Crippen molar-refractivity contribution in [2.45, 2.75) is 6.92 Å². The second kappa shape index (κ2) is 3.95. The van der Waals surface area contributed by atoms with Gasteiger partial charge in [-0.2, -0.15) is 0 Å². The summed E-state index contributed by atoms with van der Waals surface area (Å²) in [6.45, 7) is 1.74. The van der Waals surface area contributed by atoms with Gasteiger partial charge in [0, 0.05) is 5.69 Å². The summed E-state index contributed by atoms with van der Waals surface area (Å²) in [6.07, 6.45) is 0. The number of aryl methyl sites for hydroxylation is 1. The Morgan fingerprint density at radius 3 is 2.64 bits per heavy atom. The molecule has 1 aromatic rings. The topological polar surface area (TPSA) is 74.4 Å². The lowest BCUT2D eigenvalue weighted by atomic mass is 10.2. The Labute approximate surface area is 81.8 Å². The van der Waals surface area contributed by atoms with Gasteiger partial charge >= 0.3 is 5.97 Å². The molecule has 0 amide bonds. The first-order chi connectivity index (χ1) is 6.60. The molecule has 0 bridgehead atoms. The van der Waals surface area contributed by atoms with Crippen molar-refractivity contribution in [3.05, 3.63) is 17.3 Å². The molecular weight excluding hydrogens is 184 g/mol. The number of nitrogens with zero attached hydrogens (tertiary/aromatic N) is 1. The van der Waals surface area contributed by atoms with E-state index in [1.807, 2.05) is 0 Å². The number of carbonyl (C=O) groups excluding carboxylic acids is 1. The molecule has 5 heteroatoms. The molecule has 0 saturated heterocycles. The minimum absolute atomic E-state index is 0.199. The van der Waals surface area contributed by atoms with Gasteiger partial charge < -0.3 is 15.2 Å². The summed E-state index contributed by atoms with van der Waals surface area (Å²) < 4.78 is 9.49. The zero-order valence-electron chi connectivity index (χ0n) is 8.33. The first kappa shape index (κ1) is 10.3. The number of hydrogen-bond acceptors (Lipinski definition) is 5. The third-order valence-electron chi connectivity index (χ3n) is 1.75. The molecule has 76 valence electrons. The Hall–Kier alpha value is -1.78. The molecule has 14 heavy (non-hydrogen) atoms. The fraction of sp³-hybridized carbons (Fsp3) is 0.333. The van der Waals surface area contributed by atoms with Crippen molar-refractivity contribution < 1.29 is 14.3 Å². The number of hydrogen-bond donors (Lipinski definition) is 1. The van der Waals surface area contributed by atoms with E-state index in [9.17, 15) is 4.79 Å². The van der Waals surface area contributed by atoms with Gasteiger partial charge in [-0.1, -0.05) is 0 Å². The highest BCUT2D eigenvalue weighted by atomic mass is 16.5. The Balaban J connectivity index is 3.29. The Morgan fingerprint density at radius 1 is 1.50 bits per heavy atom. The minimum Gasteiger partial charge on any atom is -0.480 e. The molecule has 0 aliphatic rings. The lowest BCUT2D eigenvalue weighted by Gasteiger charge is -2.08. The zero-order chi connectivity index (χ0) is 10.7. The zero-order valence-corrected chi connectivity index (χ0v) is 8.33. The van der Waals surface area contributed by atoms with Gasteiger partial charge in [0.15, 0.2) is 0 Å². The predicted octanol–water partition coefficient (Wildman–Crippen LogP) is 0.767. The van der Waals surface area contributed by atoms with Crippen molar-refractivity contribution in [1.29, 1.82) is 0 Å². The molecule has 0 spiro atoms. The average Bonchev–Trinajstić information content (AvgIpc) is 2.19. The molecule has 0 saturated carbocycles. The van der Waals surface area contributed by atoms with Gasteiger partial charge in [-0.3, -0.25) is 0 Å². The number of methoxy groups -OCH3 is 2. The molecule has 1 rings (SSSR count). The second-order valence-electron chi connectivity index (χ2n) is 2.73. The number of anilines is 1. The van der Waals surface area contributed by atoms with Crippen LogP contribution in [0.4, 0.5) is 5.69 Å². The van der Waals surface area contributed by atoms with E-state index < -0.39 is 5.97 Å². The maximum atomic E-state index is 11.3. The van der Waals surface area contributed by atoms with Gasteiger partial charge in [-0.15, -0.1) is 0 Å². The molecule has 0 fully saturated rings. The monoisotopic (exact) mass is 196 g/mol. The van der Waals surface area contributed by atoms with E-state index in [1.54, 1.807) is 13.0 Å². The van der Waals surface area contributed by atoms with Crippen molar-refractivity contribution in [3.8, 4) is 5.88 Å². The van der Waals surface area contributed by atoms with Crippen molar-refractivity contribution in [2.75, 3.05) is 20.0 Å². The SMILES string of the molecule is COC(=O)c1cc(C)nc(OC)c1N. The van der Waals surface area contributed by atoms with Gasteiger partial charge in [0.2, 0.25) is 5.88 Å². The third kappa shape index (κ3) is 1.76. The maximum Gasteiger partial charge on any atom is 0.340 e. The van der Waals surface area contributed by atoms with Gasteiger partial charge in [-0.05, 0) is 13.0 Å². The van der Waals surface area contributed by atoms with E-state index >= 15 is 0 Å². The molecule has 0 aromatic carbocycles. The molecule has 1 heterocycles. The normalized spacial score (nSPS) is 9.64. The van der Waals surface area contributed by atoms with E-state index in [4.69, 9.17) is 10.5 Å². The number of aromatic nitrogens is 1. The third-order valence-corrected chi connectivity index (χ3v) is 1.75. The van der Waals surface area contributed by atoms with Crippen LogP contribution in [-0.2, 0) is 4.74 Å². The molecule has 5 nitrogen and oxygen atoms in total. The van der Waals surface area contributed by atoms with Crippen LogP contribution in [0.5, 0.6) is 5.88 Å². The van der Waals surface area contributed by atoms with Crippen LogP contribution in [0.1, 0.15) is 16.1 Å². The van der Waals surface area contributed by atoms with Crippen LogP contribution >= 0.6 is 0 Å². The van der Waals surface area contributed by atoms with Crippen LogP contribution in [0, 0.1) is 6.92 Å². The van der Waals surface area contributed by atoms with E-state index in [-0.39, 0.29) is 17.1 Å². The van der Waals surface area contributed by atoms with E-state index in [2.05, 4.69) is 9.72 Å². The lowest BCUT2D eigenvalue weighted by molar-refractivity contribution is 0.0601. The predicted molar refractivity (Wildman–Crippen MR) is 51.3 cm³/mol. The number of rotatable bonds is 2. The van der Waals surface area contributed by atoms with Crippen LogP contribution in [0.25, 0.3) is 0 Å². The number of nitrogen functional groups attached to an aromatic ring is 1. The summed E-state index contributed by atoms with van der Waals surface area (Å²) >= 11 is 0. The Bertz CT molecular complexity index is 363. The van der Waals surface area contributed by atoms with Gasteiger partial charge in [0.25, 0.3) is 0 Å². The highest BCUT2D eigenvalue weighted by Gasteiger charge is 2.15. The fourth-order valence-electron chi connectivity index (χ4n) is 1.09. The standard InChI is InChI=1S/C9H12N2O3/c1-5-4-6(9(12)14-3)7(10)8(11-5)13-2/h4H,10H2,1-3H3. The molecule has 0 aliphatic carbocycles. The minimum atomic E-state index is -0.494. The summed E-state index contributed by atoms with van der Waals surface area (Å²) in [5.74, 6) is -0.253.